The lowest BCUT2D eigenvalue weighted by Gasteiger charge is -2.26. The SMILES string of the molecule is C=C1NC(CNc2ccc(C)cc2)=CC(=O)N1/N=C(\C)c1ccc(C(C)(C)CC)cc1. The Bertz CT molecular complexity index is 1010. The van der Waals surface area contributed by atoms with E-state index in [9.17, 15) is 4.79 Å². The van der Waals surface area contributed by atoms with Crippen LogP contribution in [0, 0.1) is 6.92 Å². The van der Waals surface area contributed by atoms with Crippen LogP contribution >= 0.6 is 0 Å². The zero-order chi connectivity index (χ0) is 22.6. The highest BCUT2D eigenvalue weighted by Crippen LogP contribution is 2.27. The highest BCUT2D eigenvalue weighted by atomic mass is 16.2. The Morgan fingerprint density at radius 2 is 1.77 bits per heavy atom. The molecule has 0 saturated heterocycles. The smallest absolute Gasteiger partial charge is 0.274 e. The molecule has 0 unspecified atom stereocenters. The third kappa shape index (κ3) is 5.43. The number of amides is 1. The van der Waals surface area contributed by atoms with E-state index in [2.05, 4.69) is 74.3 Å². The fourth-order valence-corrected chi connectivity index (χ4v) is 3.27. The molecule has 0 atom stereocenters. The molecule has 1 aliphatic heterocycles. The summed E-state index contributed by atoms with van der Waals surface area (Å²) in [6.45, 7) is 15.1. The van der Waals surface area contributed by atoms with Crippen LogP contribution < -0.4 is 10.6 Å². The average molecular weight is 417 g/mol. The van der Waals surface area contributed by atoms with Gasteiger partial charge in [-0.1, -0.05) is 69.3 Å². The molecule has 0 fully saturated rings. The largest absolute Gasteiger partial charge is 0.379 e. The lowest BCUT2D eigenvalue weighted by Crippen LogP contribution is -2.38. The van der Waals surface area contributed by atoms with Crippen molar-refractivity contribution in [2.45, 2.75) is 46.5 Å². The molecule has 31 heavy (non-hydrogen) atoms. The van der Waals surface area contributed by atoms with E-state index in [0.717, 1.165) is 29.1 Å². The molecule has 0 saturated carbocycles. The predicted molar refractivity (Wildman–Crippen MR) is 129 cm³/mol. The van der Waals surface area contributed by atoms with Crippen LogP contribution in [0.2, 0.25) is 0 Å². The van der Waals surface area contributed by atoms with Crippen LogP contribution in [0.4, 0.5) is 5.69 Å². The predicted octanol–water partition coefficient (Wildman–Crippen LogP) is 5.31. The van der Waals surface area contributed by atoms with E-state index in [1.54, 1.807) is 6.08 Å². The first-order chi connectivity index (χ1) is 14.7. The highest BCUT2D eigenvalue weighted by molar-refractivity contribution is 6.00. The zero-order valence-electron chi connectivity index (χ0n) is 19.1. The van der Waals surface area contributed by atoms with Crippen LogP contribution in [-0.2, 0) is 10.2 Å². The van der Waals surface area contributed by atoms with Gasteiger partial charge in [0.05, 0.1) is 12.3 Å². The molecule has 1 amide bonds. The maximum atomic E-state index is 12.7. The molecule has 0 aromatic heterocycles. The van der Waals surface area contributed by atoms with E-state index in [0.29, 0.717) is 12.4 Å². The van der Waals surface area contributed by atoms with Crippen LogP contribution in [0.1, 0.15) is 50.8 Å². The van der Waals surface area contributed by atoms with E-state index < -0.39 is 0 Å². The molecule has 2 aromatic carbocycles. The quantitative estimate of drug-likeness (QED) is 0.602. The monoisotopic (exact) mass is 416 g/mol. The van der Waals surface area contributed by atoms with Crippen LogP contribution in [0.3, 0.4) is 0 Å². The maximum Gasteiger partial charge on any atom is 0.274 e. The summed E-state index contributed by atoms with van der Waals surface area (Å²) in [5, 5.41) is 12.3. The van der Waals surface area contributed by atoms with Crippen molar-refractivity contribution >= 4 is 17.3 Å². The summed E-state index contributed by atoms with van der Waals surface area (Å²) in [6, 6.07) is 16.5. The summed E-state index contributed by atoms with van der Waals surface area (Å²) in [7, 11) is 0. The molecule has 5 heteroatoms. The molecule has 1 heterocycles. The fraction of sp³-hybridized carbons (Fsp3) is 0.308. The third-order valence-electron chi connectivity index (χ3n) is 5.82. The van der Waals surface area contributed by atoms with Gasteiger partial charge in [-0.05, 0) is 48.9 Å². The zero-order valence-corrected chi connectivity index (χ0v) is 19.1. The van der Waals surface area contributed by atoms with Gasteiger partial charge in [0.25, 0.3) is 5.91 Å². The Morgan fingerprint density at radius 1 is 1.13 bits per heavy atom. The van der Waals surface area contributed by atoms with Gasteiger partial charge >= 0.3 is 0 Å². The Morgan fingerprint density at radius 3 is 2.35 bits per heavy atom. The van der Waals surface area contributed by atoms with E-state index in [1.165, 1.54) is 16.1 Å². The molecule has 2 aromatic rings. The van der Waals surface area contributed by atoms with E-state index in [-0.39, 0.29) is 11.3 Å². The topological polar surface area (TPSA) is 56.7 Å². The van der Waals surface area contributed by atoms with Crippen LogP contribution in [0.5, 0.6) is 0 Å². The summed E-state index contributed by atoms with van der Waals surface area (Å²) < 4.78 is 0. The van der Waals surface area contributed by atoms with Gasteiger partial charge in [-0.25, -0.2) is 0 Å². The minimum absolute atomic E-state index is 0.137. The van der Waals surface area contributed by atoms with Gasteiger partial charge in [0, 0.05) is 17.5 Å². The number of rotatable bonds is 7. The van der Waals surface area contributed by atoms with Crippen molar-refractivity contribution in [3.63, 3.8) is 0 Å². The number of nitrogens with zero attached hydrogens (tertiary/aromatic N) is 2. The van der Waals surface area contributed by atoms with Crippen molar-refractivity contribution < 1.29 is 4.79 Å². The van der Waals surface area contributed by atoms with Gasteiger partial charge in [-0.15, -0.1) is 0 Å². The number of benzene rings is 2. The Kier molecular flexibility index (Phi) is 6.64. The second-order valence-corrected chi connectivity index (χ2v) is 8.61. The summed E-state index contributed by atoms with van der Waals surface area (Å²) in [6.07, 6.45) is 2.63. The van der Waals surface area contributed by atoms with E-state index in [4.69, 9.17) is 0 Å². The molecule has 5 nitrogen and oxygen atoms in total. The van der Waals surface area contributed by atoms with Gasteiger partial charge < -0.3 is 10.6 Å². The standard InChI is InChI=1S/C26H32N4O/c1-7-26(5,6)22-12-10-21(11-13-22)19(3)29-30-20(4)28-24(16-25(30)31)17-27-23-14-8-18(2)9-15-23/h8-16,27-28H,4,7,17H2,1-3,5-6H3/b29-19+. The molecule has 0 spiro atoms. The number of carbonyl (C=O) groups excluding carboxylic acids is 1. The first-order valence-corrected chi connectivity index (χ1v) is 10.7. The van der Waals surface area contributed by atoms with E-state index >= 15 is 0 Å². The number of hydrogen-bond donors (Lipinski definition) is 2. The summed E-state index contributed by atoms with van der Waals surface area (Å²) in [5.41, 5.74) is 6.12. The van der Waals surface area contributed by atoms with Gasteiger partial charge in [-0.3, -0.25) is 4.79 Å². The number of carbonyl (C=O) groups is 1. The van der Waals surface area contributed by atoms with Crippen molar-refractivity contribution in [3.8, 4) is 0 Å². The first kappa shape index (κ1) is 22.3. The molecule has 1 aliphatic rings. The second kappa shape index (κ2) is 9.21. The summed E-state index contributed by atoms with van der Waals surface area (Å²) >= 11 is 0. The van der Waals surface area contributed by atoms with Crippen LogP contribution in [0.25, 0.3) is 0 Å². The molecular weight excluding hydrogens is 384 g/mol. The van der Waals surface area contributed by atoms with Gasteiger partial charge in [-0.2, -0.15) is 10.1 Å². The maximum absolute atomic E-state index is 12.7. The lowest BCUT2D eigenvalue weighted by molar-refractivity contribution is -0.125. The number of nitrogens with one attached hydrogen (secondary N) is 2. The average Bonchev–Trinajstić information content (AvgIpc) is 2.76. The summed E-state index contributed by atoms with van der Waals surface area (Å²) in [5.74, 6) is 0.226. The van der Waals surface area contributed by atoms with Crippen molar-refractivity contribution in [2.24, 2.45) is 5.10 Å². The van der Waals surface area contributed by atoms with Gasteiger partial charge in [0.1, 0.15) is 5.82 Å². The molecule has 0 aliphatic carbocycles. The first-order valence-electron chi connectivity index (χ1n) is 10.7. The van der Waals surface area contributed by atoms with Gasteiger partial charge in [0.2, 0.25) is 0 Å². The molecule has 0 bridgehead atoms. The minimum atomic E-state index is -0.215. The molecule has 3 rings (SSSR count). The van der Waals surface area contributed by atoms with Crippen molar-refractivity contribution in [3.05, 3.63) is 89.4 Å². The molecular formula is C26H32N4O. The number of anilines is 1. The molecule has 2 N–H and O–H groups in total. The number of aryl methyl sites for hydroxylation is 1. The van der Waals surface area contributed by atoms with Crippen molar-refractivity contribution in [1.82, 2.24) is 10.3 Å². The fourth-order valence-electron chi connectivity index (χ4n) is 3.27. The van der Waals surface area contributed by atoms with E-state index in [1.807, 2.05) is 31.2 Å². The lowest BCUT2D eigenvalue weighted by atomic mass is 9.82. The second-order valence-electron chi connectivity index (χ2n) is 8.61. The van der Waals surface area contributed by atoms with Crippen molar-refractivity contribution in [1.29, 1.82) is 0 Å². The van der Waals surface area contributed by atoms with Crippen LogP contribution in [-0.4, -0.2) is 23.2 Å². The number of hydrazone groups is 1. The molecule has 0 radical (unpaired) electrons. The van der Waals surface area contributed by atoms with Gasteiger partial charge in [0.15, 0.2) is 0 Å². The minimum Gasteiger partial charge on any atom is -0.379 e. The molecule has 162 valence electrons. The summed E-state index contributed by atoms with van der Waals surface area (Å²) in [4.78, 5) is 12.7. The highest BCUT2D eigenvalue weighted by Gasteiger charge is 2.22. The van der Waals surface area contributed by atoms with Crippen molar-refractivity contribution in [2.75, 3.05) is 11.9 Å². The van der Waals surface area contributed by atoms with Crippen LogP contribution in [0.15, 0.2) is 77.8 Å². The third-order valence-corrected chi connectivity index (χ3v) is 5.82. The Hall–Kier alpha value is -3.34. The Labute approximate surface area is 185 Å². The Balaban J connectivity index is 1.69. The number of hydrogen-bond acceptors (Lipinski definition) is 4. The normalized spacial score (nSPS) is 14.9.